The van der Waals surface area contributed by atoms with Crippen LogP contribution in [0.15, 0.2) is 72.8 Å². The molecule has 0 radical (unpaired) electrons. The van der Waals surface area contributed by atoms with Crippen molar-refractivity contribution in [2.75, 3.05) is 6.61 Å². The van der Waals surface area contributed by atoms with Gasteiger partial charge in [0.2, 0.25) is 0 Å². The van der Waals surface area contributed by atoms with Crippen LogP contribution in [0.1, 0.15) is 17.3 Å². The Labute approximate surface area is 173 Å². The first-order chi connectivity index (χ1) is 14.5. The third-order valence-corrected chi connectivity index (χ3v) is 5.00. The van der Waals surface area contributed by atoms with Gasteiger partial charge < -0.3 is 20.1 Å². The average Bonchev–Trinajstić information content (AvgIpc) is 2.76. The van der Waals surface area contributed by atoms with Gasteiger partial charge in [0.15, 0.2) is 0 Å². The summed E-state index contributed by atoms with van der Waals surface area (Å²) in [6, 6.07) is 21.3. The van der Waals surface area contributed by atoms with Gasteiger partial charge in [-0.15, -0.1) is 0 Å². The molecule has 30 heavy (non-hydrogen) atoms. The Morgan fingerprint density at radius 3 is 2.17 bits per heavy atom. The molecule has 0 unspecified atom stereocenters. The number of aromatic hydroxyl groups is 3. The number of hydrogen-bond donors (Lipinski definition) is 3. The Morgan fingerprint density at radius 1 is 0.767 bits per heavy atom. The van der Waals surface area contributed by atoms with Crippen molar-refractivity contribution in [3.8, 4) is 39.5 Å². The Kier molecular flexibility index (Phi) is 5.02. The Hall–Kier alpha value is -3.99. The number of phenolic OH excluding ortho intramolecular Hbond substituents is 3. The maximum Gasteiger partial charge on any atom is 0.342 e. The summed E-state index contributed by atoms with van der Waals surface area (Å²) in [4.78, 5) is 12.5. The number of phenols is 3. The van der Waals surface area contributed by atoms with Gasteiger partial charge in [-0.25, -0.2) is 4.79 Å². The van der Waals surface area contributed by atoms with Crippen LogP contribution < -0.4 is 0 Å². The van der Waals surface area contributed by atoms with Crippen LogP contribution in [0.3, 0.4) is 0 Å². The molecule has 0 aliphatic rings. The van der Waals surface area contributed by atoms with Crippen LogP contribution in [0.2, 0.25) is 0 Å². The van der Waals surface area contributed by atoms with Gasteiger partial charge in [0, 0.05) is 11.1 Å². The molecule has 0 heterocycles. The second-order valence-corrected chi connectivity index (χ2v) is 6.84. The van der Waals surface area contributed by atoms with Gasteiger partial charge in [-0.05, 0) is 53.1 Å². The van der Waals surface area contributed by atoms with E-state index in [0.717, 1.165) is 16.5 Å². The summed E-state index contributed by atoms with van der Waals surface area (Å²) in [5, 5.41) is 33.0. The normalized spacial score (nSPS) is 10.8. The molecule has 4 rings (SSSR count). The molecular weight excluding hydrogens is 380 g/mol. The molecular formula is C25H20O5. The van der Waals surface area contributed by atoms with Crippen molar-refractivity contribution in [1.82, 2.24) is 0 Å². The van der Waals surface area contributed by atoms with Gasteiger partial charge in [-0.2, -0.15) is 0 Å². The molecule has 3 N–H and O–H groups in total. The Morgan fingerprint density at radius 2 is 1.43 bits per heavy atom. The molecule has 0 atom stereocenters. The summed E-state index contributed by atoms with van der Waals surface area (Å²) in [5.41, 5.74) is 2.13. The van der Waals surface area contributed by atoms with Crippen LogP contribution in [0.25, 0.3) is 33.0 Å². The highest BCUT2D eigenvalue weighted by atomic mass is 16.5. The zero-order valence-electron chi connectivity index (χ0n) is 16.3. The smallest absolute Gasteiger partial charge is 0.342 e. The summed E-state index contributed by atoms with van der Waals surface area (Å²) < 4.78 is 5.06. The summed E-state index contributed by atoms with van der Waals surface area (Å²) in [7, 11) is 0. The van der Waals surface area contributed by atoms with E-state index in [1.54, 1.807) is 13.0 Å². The monoisotopic (exact) mass is 400 g/mol. The fourth-order valence-corrected chi connectivity index (χ4v) is 3.63. The van der Waals surface area contributed by atoms with Crippen LogP contribution in [-0.2, 0) is 4.74 Å². The van der Waals surface area contributed by atoms with Crippen LogP contribution >= 0.6 is 0 Å². The molecule has 0 saturated carbocycles. The van der Waals surface area contributed by atoms with Crippen LogP contribution in [0.5, 0.6) is 17.2 Å². The second kappa shape index (κ2) is 7.79. The highest BCUT2D eigenvalue weighted by Crippen LogP contribution is 2.45. The van der Waals surface area contributed by atoms with Crippen LogP contribution in [0, 0.1) is 0 Å². The van der Waals surface area contributed by atoms with E-state index in [0.29, 0.717) is 5.39 Å². The number of rotatable bonds is 4. The second-order valence-electron chi connectivity index (χ2n) is 6.84. The topological polar surface area (TPSA) is 87.0 Å². The lowest BCUT2D eigenvalue weighted by Crippen LogP contribution is -2.07. The van der Waals surface area contributed by atoms with Gasteiger partial charge in [-0.3, -0.25) is 0 Å². The largest absolute Gasteiger partial charge is 0.507 e. The molecule has 0 aliphatic heterocycles. The van der Waals surface area contributed by atoms with E-state index in [1.165, 1.54) is 18.2 Å². The van der Waals surface area contributed by atoms with E-state index in [1.807, 2.05) is 48.5 Å². The molecule has 0 amide bonds. The standard InChI is InChI=1S/C25H20O5/c1-2-30-25(29)24-21(28)13-12-20(27)23(24)22-18-10-8-16(15-6-4-3-5-7-15)14-17(18)9-11-19(22)26/h3-14,26-28H,2H2,1H3. The molecule has 0 aromatic heterocycles. The van der Waals surface area contributed by atoms with E-state index in [9.17, 15) is 20.1 Å². The zero-order valence-corrected chi connectivity index (χ0v) is 16.3. The molecule has 0 fully saturated rings. The number of ether oxygens (including phenoxy) is 1. The maximum atomic E-state index is 12.5. The fraction of sp³-hybridized carbons (Fsp3) is 0.0800. The number of carbonyl (C=O) groups excluding carboxylic acids is 1. The number of fused-ring (bicyclic) bond motifs is 1. The molecule has 0 bridgehead atoms. The SMILES string of the molecule is CCOC(=O)c1c(O)ccc(O)c1-c1c(O)ccc2cc(-c3ccccc3)ccc12. The summed E-state index contributed by atoms with van der Waals surface area (Å²) in [6.45, 7) is 1.76. The molecule has 5 nitrogen and oxygen atoms in total. The molecule has 150 valence electrons. The molecule has 0 aliphatic carbocycles. The highest BCUT2D eigenvalue weighted by Gasteiger charge is 2.25. The average molecular weight is 400 g/mol. The number of carbonyl (C=O) groups is 1. The summed E-state index contributed by atoms with van der Waals surface area (Å²) in [6.07, 6.45) is 0. The highest BCUT2D eigenvalue weighted by molar-refractivity contribution is 6.09. The third kappa shape index (κ3) is 3.31. The van der Waals surface area contributed by atoms with Crippen molar-refractivity contribution >= 4 is 16.7 Å². The molecule has 4 aromatic carbocycles. The molecule has 4 aromatic rings. The minimum absolute atomic E-state index is 0.0315. The van der Waals surface area contributed by atoms with E-state index in [2.05, 4.69) is 0 Å². The van der Waals surface area contributed by atoms with Crippen molar-refractivity contribution in [1.29, 1.82) is 0 Å². The predicted octanol–water partition coefficient (Wildman–Crippen LogP) is 5.47. The number of benzene rings is 4. The first-order valence-corrected chi connectivity index (χ1v) is 9.54. The quantitative estimate of drug-likeness (QED) is 0.312. The lowest BCUT2D eigenvalue weighted by atomic mass is 9.91. The third-order valence-electron chi connectivity index (χ3n) is 5.00. The fourth-order valence-electron chi connectivity index (χ4n) is 3.63. The van der Waals surface area contributed by atoms with Crippen LogP contribution in [0.4, 0.5) is 0 Å². The van der Waals surface area contributed by atoms with Gasteiger partial charge in [-0.1, -0.05) is 48.5 Å². The zero-order chi connectivity index (χ0) is 21.3. The molecule has 5 heteroatoms. The van der Waals surface area contributed by atoms with E-state index < -0.39 is 5.97 Å². The Bertz CT molecular complexity index is 1250. The van der Waals surface area contributed by atoms with Crippen molar-refractivity contribution in [2.45, 2.75) is 6.92 Å². The van der Waals surface area contributed by atoms with Crippen molar-refractivity contribution < 1.29 is 24.9 Å². The van der Waals surface area contributed by atoms with Gasteiger partial charge in [0.05, 0.1) is 6.61 Å². The van der Waals surface area contributed by atoms with Crippen LogP contribution in [-0.4, -0.2) is 27.9 Å². The van der Waals surface area contributed by atoms with E-state index >= 15 is 0 Å². The first-order valence-electron chi connectivity index (χ1n) is 9.54. The number of hydrogen-bond acceptors (Lipinski definition) is 5. The number of esters is 1. The summed E-state index contributed by atoms with van der Waals surface area (Å²) >= 11 is 0. The van der Waals surface area contributed by atoms with Crippen molar-refractivity contribution in [3.05, 3.63) is 78.4 Å². The maximum absolute atomic E-state index is 12.5. The van der Waals surface area contributed by atoms with E-state index in [-0.39, 0.29) is 40.5 Å². The van der Waals surface area contributed by atoms with Crippen molar-refractivity contribution in [3.63, 3.8) is 0 Å². The van der Waals surface area contributed by atoms with Gasteiger partial charge >= 0.3 is 5.97 Å². The van der Waals surface area contributed by atoms with Gasteiger partial charge in [0.25, 0.3) is 0 Å². The lowest BCUT2D eigenvalue weighted by Gasteiger charge is -2.16. The first kappa shape index (κ1) is 19.3. The summed E-state index contributed by atoms with van der Waals surface area (Å²) in [5.74, 6) is -1.48. The molecule has 0 spiro atoms. The predicted molar refractivity (Wildman–Crippen MR) is 116 cm³/mol. The molecule has 0 saturated heterocycles. The lowest BCUT2D eigenvalue weighted by molar-refractivity contribution is 0.0523. The minimum Gasteiger partial charge on any atom is -0.507 e. The Balaban J connectivity index is 1.99. The van der Waals surface area contributed by atoms with E-state index in [4.69, 9.17) is 4.74 Å². The van der Waals surface area contributed by atoms with Crippen molar-refractivity contribution in [2.24, 2.45) is 0 Å². The minimum atomic E-state index is -0.779. The van der Waals surface area contributed by atoms with Gasteiger partial charge in [0.1, 0.15) is 22.8 Å².